The van der Waals surface area contributed by atoms with Crippen LogP contribution >= 0.6 is 11.6 Å². The van der Waals surface area contributed by atoms with Gasteiger partial charge in [-0.05, 0) is 12.1 Å². The molecule has 5 nitrogen and oxygen atoms in total. The van der Waals surface area contributed by atoms with E-state index < -0.39 is 10.0 Å². The Labute approximate surface area is 133 Å². The van der Waals surface area contributed by atoms with Crippen LogP contribution in [-0.4, -0.2) is 17.6 Å². The Morgan fingerprint density at radius 3 is 2.09 bits per heavy atom. The van der Waals surface area contributed by atoms with E-state index in [0.717, 1.165) is 4.09 Å². The molecule has 7 heteroatoms. The summed E-state index contributed by atoms with van der Waals surface area (Å²) >= 11 is 6.17. The minimum atomic E-state index is -3.88. The van der Waals surface area contributed by atoms with Crippen molar-refractivity contribution >= 4 is 27.4 Å². The highest BCUT2D eigenvalue weighted by molar-refractivity contribution is 7.90. The number of hydrogen-bond acceptors (Lipinski definition) is 4. The number of halogens is 1. The normalized spacial score (nSPS) is 11.5. The summed E-state index contributed by atoms with van der Waals surface area (Å²) in [6, 6.07) is 17.0. The van der Waals surface area contributed by atoms with Gasteiger partial charge in [-0.3, -0.25) is 0 Å². The van der Waals surface area contributed by atoms with E-state index in [-0.39, 0.29) is 15.7 Å². The fourth-order valence-corrected chi connectivity index (χ4v) is 3.57. The van der Waals surface area contributed by atoms with Crippen LogP contribution < -0.4 is 5.73 Å². The number of rotatable bonds is 3. The zero-order valence-corrected chi connectivity index (χ0v) is 12.9. The summed E-state index contributed by atoms with van der Waals surface area (Å²) < 4.78 is 26.0. The summed E-state index contributed by atoms with van der Waals surface area (Å²) in [7, 11) is -3.88. The number of nitrogens with zero attached hydrogens (tertiary/aromatic N) is 2. The lowest BCUT2D eigenvalue weighted by Gasteiger charge is -2.05. The van der Waals surface area contributed by atoms with Crippen LogP contribution in [0.1, 0.15) is 0 Å². The third-order valence-corrected chi connectivity index (χ3v) is 5.12. The monoisotopic (exact) mass is 333 g/mol. The molecule has 0 saturated carbocycles. The highest BCUT2D eigenvalue weighted by atomic mass is 35.5. The highest BCUT2D eigenvalue weighted by Gasteiger charge is 2.25. The van der Waals surface area contributed by atoms with Gasteiger partial charge in [0.2, 0.25) is 0 Å². The second-order valence-electron chi connectivity index (χ2n) is 4.57. The summed E-state index contributed by atoms with van der Waals surface area (Å²) in [6.07, 6.45) is 0. The molecule has 0 aliphatic carbocycles. The molecule has 0 fully saturated rings. The molecule has 0 bridgehead atoms. The first-order chi connectivity index (χ1) is 10.5. The number of hydrogen-bond donors (Lipinski definition) is 1. The van der Waals surface area contributed by atoms with Gasteiger partial charge in [-0.2, -0.15) is 13.5 Å². The van der Waals surface area contributed by atoms with E-state index >= 15 is 0 Å². The standard InChI is InChI=1S/C15H12ClN3O2S/c16-13-14(11-7-3-1-4-8-11)18-19(15(13)17)22(20,21)12-9-5-2-6-10-12/h1-10H,17H2. The molecule has 0 saturated heterocycles. The summed E-state index contributed by atoms with van der Waals surface area (Å²) in [6.45, 7) is 0. The Kier molecular flexibility index (Phi) is 3.64. The minimum absolute atomic E-state index is 0.0977. The number of nitrogen functional groups attached to an aromatic ring is 1. The molecule has 112 valence electrons. The lowest BCUT2D eigenvalue weighted by atomic mass is 10.1. The smallest absolute Gasteiger partial charge is 0.284 e. The topological polar surface area (TPSA) is 78.0 Å². The van der Waals surface area contributed by atoms with Gasteiger partial charge in [-0.15, -0.1) is 4.09 Å². The molecule has 2 N–H and O–H groups in total. The Morgan fingerprint density at radius 1 is 0.955 bits per heavy atom. The zero-order chi connectivity index (χ0) is 15.7. The van der Waals surface area contributed by atoms with E-state index in [1.54, 1.807) is 30.3 Å². The molecular formula is C15H12ClN3O2S. The number of nitrogens with two attached hydrogens (primary N) is 1. The molecule has 22 heavy (non-hydrogen) atoms. The molecule has 3 rings (SSSR count). The first kappa shape index (κ1) is 14.6. The minimum Gasteiger partial charge on any atom is -0.382 e. The lowest BCUT2D eigenvalue weighted by Crippen LogP contribution is -2.16. The largest absolute Gasteiger partial charge is 0.382 e. The van der Waals surface area contributed by atoms with Gasteiger partial charge >= 0.3 is 0 Å². The van der Waals surface area contributed by atoms with Crippen LogP contribution in [0.4, 0.5) is 5.82 Å². The van der Waals surface area contributed by atoms with Crippen LogP contribution in [0.2, 0.25) is 5.02 Å². The SMILES string of the molecule is Nc1c(Cl)c(-c2ccccc2)nn1S(=O)(=O)c1ccccc1. The van der Waals surface area contributed by atoms with Crippen molar-refractivity contribution in [1.82, 2.24) is 9.19 Å². The van der Waals surface area contributed by atoms with E-state index in [0.29, 0.717) is 11.3 Å². The van der Waals surface area contributed by atoms with Gasteiger partial charge in [0.1, 0.15) is 10.7 Å². The van der Waals surface area contributed by atoms with Gasteiger partial charge in [0, 0.05) is 5.56 Å². The Hall–Kier alpha value is -2.31. The van der Waals surface area contributed by atoms with E-state index in [4.69, 9.17) is 17.3 Å². The van der Waals surface area contributed by atoms with Gasteiger partial charge < -0.3 is 5.73 Å². The van der Waals surface area contributed by atoms with Gasteiger partial charge in [0.05, 0.1) is 4.90 Å². The maximum absolute atomic E-state index is 12.6. The summed E-state index contributed by atoms with van der Waals surface area (Å²) in [4.78, 5) is 0.0977. The second kappa shape index (κ2) is 5.47. The Bertz CT molecular complexity index is 907. The molecular weight excluding hydrogens is 322 g/mol. The highest BCUT2D eigenvalue weighted by Crippen LogP contribution is 2.33. The number of anilines is 1. The van der Waals surface area contributed by atoms with Crippen LogP contribution in [-0.2, 0) is 10.0 Å². The predicted molar refractivity (Wildman–Crippen MR) is 86.1 cm³/mol. The molecule has 0 unspecified atom stereocenters. The molecule has 0 atom stereocenters. The molecule has 0 spiro atoms. The maximum Gasteiger partial charge on any atom is 0.284 e. The van der Waals surface area contributed by atoms with E-state index in [1.165, 1.54) is 12.1 Å². The van der Waals surface area contributed by atoms with Crippen molar-refractivity contribution in [3.63, 3.8) is 0 Å². The van der Waals surface area contributed by atoms with Crippen LogP contribution in [0.5, 0.6) is 0 Å². The zero-order valence-electron chi connectivity index (χ0n) is 11.3. The first-order valence-corrected chi connectivity index (χ1v) is 8.23. The van der Waals surface area contributed by atoms with Crippen molar-refractivity contribution in [2.24, 2.45) is 0 Å². The molecule has 0 aliphatic heterocycles. The van der Waals surface area contributed by atoms with Gasteiger partial charge in [-0.1, -0.05) is 60.1 Å². The van der Waals surface area contributed by atoms with Crippen molar-refractivity contribution in [2.75, 3.05) is 5.73 Å². The molecule has 2 aromatic carbocycles. The molecule has 1 aromatic heterocycles. The third-order valence-electron chi connectivity index (χ3n) is 3.15. The van der Waals surface area contributed by atoms with Crippen LogP contribution in [0.25, 0.3) is 11.3 Å². The Balaban J connectivity index is 2.18. The van der Waals surface area contributed by atoms with Gasteiger partial charge in [0.25, 0.3) is 10.0 Å². The first-order valence-electron chi connectivity index (χ1n) is 6.42. The average Bonchev–Trinajstić information content (AvgIpc) is 2.86. The van der Waals surface area contributed by atoms with Crippen LogP contribution in [0.3, 0.4) is 0 Å². The number of aromatic nitrogens is 2. The molecule has 1 heterocycles. The number of benzene rings is 2. The quantitative estimate of drug-likeness (QED) is 0.799. The predicted octanol–water partition coefficient (Wildman–Crippen LogP) is 3.02. The fourth-order valence-electron chi connectivity index (χ4n) is 2.05. The molecule has 3 aromatic rings. The van der Waals surface area contributed by atoms with E-state index in [2.05, 4.69) is 5.10 Å². The van der Waals surface area contributed by atoms with E-state index in [9.17, 15) is 8.42 Å². The summed E-state index contributed by atoms with van der Waals surface area (Å²) in [5.74, 6) is -0.107. The average molecular weight is 334 g/mol. The van der Waals surface area contributed by atoms with Crippen LogP contribution in [0, 0.1) is 0 Å². The molecule has 0 radical (unpaired) electrons. The van der Waals surface area contributed by atoms with Gasteiger partial charge in [0.15, 0.2) is 5.82 Å². The van der Waals surface area contributed by atoms with Crippen molar-refractivity contribution in [1.29, 1.82) is 0 Å². The Morgan fingerprint density at radius 2 is 1.50 bits per heavy atom. The van der Waals surface area contributed by atoms with Crippen molar-refractivity contribution in [3.8, 4) is 11.3 Å². The van der Waals surface area contributed by atoms with Crippen molar-refractivity contribution < 1.29 is 8.42 Å². The second-order valence-corrected chi connectivity index (χ2v) is 6.72. The van der Waals surface area contributed by atoms with Crippen LogP contribution in [0.15, 0.2) is 65.6 Å². The third kappa shape index (κ3) is 2.36. The van der Waals surface area contributed by atoms with Crippen molar-refractivity contribution in [2.45, 2.75) is 4.90 Å². The van der Waals surface area contributed by atoms with Crippen molar-refractivity contribution in [3.05, 3.63) is 65.7 Å². The fraction of sp³-hybridized carbons (Fsp3) is 0. The molecule has 0 amide bonds. The maximum atomic E-state index is 12.6. The molecule has 0 aliphatic rings. The van der Waals surface area contributed by atoms with E-state index in [1.807, 2.05) is 18.2 Å². The summed E-state index contributed by atoms with van der Waals surface area (Å²) in [5.41, 5.74) is 6.88. The summed E-state index contributed by atoms with van der Waals surface area (Å²) in [5, 5.41) is 4.22. The lowest BCUT2D eigenvalue weighted by molar-refractivity contribution is 0.581. The van der Waals surface area contributed by atoms with Gasteiger partial charge in [-0.25, -0.2) is 0 Å².